The summed E-state index contributed by atoms with van der Waals surface area (Å²) in [5.74, 6) is 0.0167. The zero-order valence-corrected chi connectivity index (χ0v) is 20.7. The third-order valence-corrected chi connectivity index (χ3v) is 6.82. The van der Waals surface area contributed by atoms with Crippen LogP contribution in [0.15, 0.2) is 90.3 Å². The van der Waals surface area contributed by atoms with Crippen LogP contribution in [-0.2, 0) is 22.4 Å². The van der Waals surface area contributed by atoms with Gasteiger partial charge in [-0.05, 0) is 53.4 Å². The smallest absolute Gasteiger partial charge is 0.290 e. The summed E-state index contributed by atoms with van der Waals surface area (Å²) < 4.78 is 10.8. The number of nitrogens with one attached hydrogen (secondary N) is 1. The highest BCUT2D eigenvalue weighted by Crippen LogP contribution is 2.39. The van der Waals surface area contributed by atoms with Gasteiger partial charge in [0.05, 0.1) is 25.8 Å². The molecule has 0 unspecified atom stereocenters. The Morgan fingerprint density at radius 1 is 0.973 bits per heavy atom. The molecule has 0 spiro atoms. The van der Waals surface area contributed by atoms with Crippen molar-refractivity contribution in [3.63, 3.8) is 0 Å². The lowest BCUT2D eigenvalue weighted by atomic mass is 9.93. The molecule has 0 bridgehead atoms. The second-order valence-corrected chi connectivity index (χ2v) is 9.00. The Labute approximate surface area is 214 Å². The number of ketones is 1. The molecule has 1 amide bonds. The normalized spacial score (nSPS) is 15.5. The van der Waals surface area contributed by atoms with Gasteiger partial charge in [0, 0.05) is 30.1 Å². The Morgan fingerprint density at radius 3 is 2.49 bits per heavy atom. The number of hydrogen-bond acceptors (Lipinski definition) is 5. The topological polar surface area (TPSA) is 91.9 Å². The zero-order valence-electron chi connectivity index (χ0n) is 20.7. The van der Waals surface area contributed by atoms with E-state index in [4.69, 9.17) is 9.47 Å². The van der Waals surface area contributed by atoms with Crippen LogP contribution >= 0.6 is 0 Å². The van der Waals surface area contributed by atoms with Gasteiger partial charge in [-0.2, -0.15) is 0 Å². The molecule has 0 radical (unpaired) electrons. The number of nitrogens with zero attached hydrogens (tertiary/aromatic N) is 1. The first-order valence-electron chi connectivity index (χ1n) is 12.1. The van der Waals surface area contributed by atoms with Gasteiger partial charge in [-0.3, -0.25) is 9.59 Å². The molecule has 2 N–H and O–H groups in total. The number of Topliss-reactive ketones (excluding diaryl/α,β-unsaturated/α-hetero) is 1. The average Bonchev–Trinajstić information content (AvgIpc) is 3.45. The van der Waals surface area contributed by atoms with Crippen molar-refractivity contribution in [1.29, 1.82) is 0 Å². The van der Waals surface area contributed by atoms with Crippen LogP contribution in [0.2, 0.25) is 0 Å². The molecule has 0 fully saturated rings. The summed E-state index contributed by atoms with van der Waals surface area (Å²) in [5, 5.41) is 11.9. The highest BCUT2D eigenvalue weighted by atomic mass is 16.5. The van der Waals surface area contributed by atoms with Crippen LogP contribution < -0.4 is 9.47 Å². The minimum Gasteiger partial charge on any atom is -0.503 e. The molecule has 7 heteroatoms. The first-order chi connectivity index (χ1) is 18.0. The van der Waals surface area contributed by atoms with E-state index >= 15 is 0 Å². The van der Waals surface area contributed by atoms with E-state index in [1.54, 1.807) is 31.3 Å². The largest absolute Gasteiger partial charge is 0.503 e. The second kappa shape index (κ2) is 10.2. The van der Waals surface area contributed by atoms with Gasteiger partial charge in [0.15, 0.2) is 11.5 Å². The predicted octanol–water partition coefficient (Wildman–Crippen LogP) is 4.94. The van der Waals surface area contributed by atoms with Crippen LogP contribution in [0.5, 0.6) is 11.5 Å². The summed E-state index contributed by atoms with van der Waals surface area (Å²) in [6.45, 7) is 0.303. The first-order valence-corrected chi connectivity index (χ1v) is 12.1. The lowest BCUT2D eigenvalue weighted by Gasteiger charge is -2.27. The van der Waals surface area contributed by atoms with Crippen LogP contribution in [0, 0.1) is 0 Å². The number of aromatic nitrogens is 1. The number of carbonyl (C=O) groups is 2. The highest BCUT2D eigenvalue weighted by molar-refractivity contribution is 6.09. The van der Waals surface area contributed by atoms with Crippen molar-refractivity contribution in [2.45, 2.75) is 18.9 Å². The summed E-state index contributed by atoms with van der Waals surface area (Å²) in [6, 6.07) is 21.7. The summed E-state index contributed by atoms with van der Waals surface area (Å²) in [4.78, 5) is 31.7. The highest BCUT2D eigenvalue weighted by Gasteiger charge is 2.43. The van der Waals surface area contributed by atoms with Gasteiger partial charge in [0.1, 0.15) is 11.5 Å². The van der Waals surface area contributed by atoms with Crippen molar-refractivity contribution in [3.05, 3.63) is 107 Å². The van der Waals surface area contributed by atoms with Gasteiger partial charge in [-0.15, -0.1) is 0 Å². The lowest BCUT2D eigenvalue weighted by Crippen LogP contribution is -2.33. The second-order valence-electron chi connectivity index (χ2n) is 9.00. The molecule has 2 heterocycles. The minimum atomic E-state index is -0.724. The molecule has 37 heavy (non-hydrogen) atoms. The van der Waals surface area contributed by atoms with E-state index in [-0.39, 0.29) is 17.8 Å². The number of carbonyl (C=O) groups excluding carboxylic acids is 2. The summed E-state index contributed by atoms with van der Waals surface area (Å²) in [6.07, 6.45) is 2.52. The maximum Gasteiger partial charge on any atom is 0.290 e. The van der Waals surface area contributed by atoms with Crippen LogP contribution in [0.4, 0.5) is 0 Å². The van der Waals surface area contributed by atoms with Gasteiger partial charge in [-0.1, -0.05) is 42.5 Å². The summed E-state index contributed by atoms with van der Waals surface area (Å²) in [5.41, 5.74) is 3.61. The van der Waals surface area contributed by atoms with Crippen molar-refractivity contribution in [1.82, 2.24) is 9.88 Å². The number of methoxy groups -OCH3 is 2. The summed E-state index contributed by atoms with van der Waals surface area (Å²) in [7, 11) is 3.19. The Kier molecular flexibility index (Phi) is 6.68. The van der Waals surface area contributed by atoms with Crippen LogP contribution in [-0.4, -0.2) is 47.4 Å². The molecule has 1 aliphatic rings. The van der Waals surface area contributed by atoms with Crippen molar-refractivity contribution in [2.24, 2.45) is 0 Å². The van der Waals surface area contributed by atoms with E-state index in [0.29, 0.717) is 24.3 Å². The molecule has 0 saturated heterocycles. The van der Waals surface area contributed by atoms with Gasteiger partial charge < -0.3 is 24.5 Å². The molecule has 5 rings (SSSR count). The first kappa shape index (κ1) is 24.2. The van der Waals surface area contributed by atoms with E-state index in [9.17, 15) is 14.7 Å². The molecule has 1 atom stereocenters. The number of hydrogen-bond donors (Lipinski definition) is 2. The number of ether oxygens (including phenoxy) is 2. The molecule has 0 aliphatic carbocycles. The standard InChI is InChI=1S/C30H28N2O5/c1-36-22-10-6-9-20(16-22)28-27(26(33)15-19-7-4-3-5-8-19)29(34)30(35)32(28)14-13-21-18-31-25-12-11-23(37-2)17-24(21)25/h3-12,16-18,28,31,34H,13-15H2,1-2H3/t28-/m0/s1. The van der Waals surface area contributed by atoms with Crippen molar-refractivity contribution >= 4 is 22.6 Å². The van der Waals surface area contributed by atoms with E-state index in [1.807, 2.05) is 66.9 Å². The van der Waals surface area contributed by atoms with Crippen LogP contribution in [0.25, 0.3) is 10.9 Å². The number of H-pyrrole nitrogens is 1. The molecule has 7 nitrogen and oxygen atoms in total. The number of aliphatic hydroxyl groups excluding tert-OH is 1. The minimum absolute atomic E-state index is 0.0874. The van der Waals surface area contributed by atoms with Gasteiger partial charge >= 0.3 is 0 Å². The summed E-state index contributed by atoms with van der Waals surface area (Å²) >= 11 is 0. The van der Waals surface area contributed by atoms with Crippen molar-refractivity contribution < 1.29 is 24.2 Å². The van der Waals surface area contributed by atoms with Gasteiger partial charge in [-0.25, -0.2) is 0 Å². The quantitative estimate of drug-likeness (QED) is 0.343. The Hall–Kier alpha value is -4.52. The number of amides is 1. The number of aromatic amines is 1. The zero-order chi connectivity index (χ0) is 25.9. The van der Waals surface area contributed by atoms with E-state index < -0.39 is 17.7 Å². The van der Waals surface area contributed by atoms with Crippen molar-refractivity contribution in [3.8, 4) is 11.5 Å². The molecule has 188 valence electrons. The third-order valence-electron chi connectivity index (χ3n) is 6.82. The lowest BCUT2D eigenvalue weighted by molar-refractivity contribution is -0.129. The van der Waals surface area contributed by atoms with Crippen LogP contribution in [0.3, 0.4) is 0 Å². The molecule has 4 aromatic rings. The predicted molar refractivity (Wildman–Crippen MR) is 141 cm³/mol. The maximum atomic E-state index is 13.5. The number of benzene rings is 3. The fraction of sp³-hybridized carbons (Fsp3) is 0.200. The fourth-order valence-corrected chi connectivity index (χ4v) is 4.94. The van der Waals surface area contributed by atoms with E-state index in [2.05, 4.69) is 4.98 Å². The van der Waals surface area contributed by atoms with Crippen LogP contribution in [0.1, 0.15) is 22.7 Å². The number of aliphatic hydroxyl groups is 1. The third kappa shape index (κ3) is 4.68. The monoisotopic (exact) mass is 496 g/mol. The van der Waals surface area contributed by atoms with Crippen molar-refractivity contribution in [2.75, 3.05) is 20.8 Å². The Morgan fingerprint density at radius 2 is 1.73 bits per heavy atom. The SMILES string of the molecule is COc1cccc([C@H]2C(C(=O)Cc3ccccc3)=C(O)C(=O)N2CCc2c[nH]c3ccc(OC)cc23)c1. The fourth-order valence-electron chi connectivity index (χ4n) is 4.94. The number of fused-ring (bicyclic) bond motifs is 1. The molecule has 3 aromatic carbocycles. The van der Waals surface area contributed by atoms with E-state index in [0.717, 1.165) is 27.8 Å². The van der Waals surface area contributed by atoms with Gasteiger partial charge in [0.25, 0.3) is 5.91 Å². The van der Waals surface area contributed by atoms with E-state index in [1.165, 1.54) is 0 Å². The number of rotatable bonds is 9. The Balaban J connectivity index is 1.48. The maximum absolute atomic E-state index is 13.5. The Bertz CT molecular complexity index is 1490. The molecular weight excluding hydrogens is 468 g/mol. The molecule has 1 aromatic heterocycles. The molecule has 0 saturated carbocycles. The molecule has 1 aliphatic heterocycles. The average molecular weight is 497 g/mol. The van der Waals surface area contributed by atoms with Gasteiger partial charge in [0.2, 0.25) is 0 Å². The molecular formula is C30H28N2O5.